The maximum Gasteiger partial charge on any atom is 0.308 e. The molecule has 0 N–H and O–H groups in total. The lowest BCUT2D eigenvalue weighted by molar-refractivity contribution is -0.131. The molecule has 48 heavy (non-hydrogen) atoms. The van der Waals surface area contributed by atoms with Crippen LogP contribution in [-0.4, -0.2) is 31.6 Å². The quantitative estimate of drug-likeness (QED) is 0.0649. The van der Waals surface area contributed by atoms with Crippen molar-refractivity contribution in [2.75, 3.05) is 14.2 Å². The summed E-state index contributed by atoms with van der Waals surface area (Å²) in [5, 5.41) is 0. The summed E-state index contributed by atoms with van der Waals surface area (Å²) in [4.78, 5) is 26.3. The van der Waals surface area contributed by atoms with E-state index in [1.54, 1.807) is 38.5 Å². The Balaban J connectivity index is 0.00000255. The van der Waals surface area contributed by atoms with Crippen molar-refractivity contribution in [1.29, 1.82) is 0 Å². The van der Waals surface area contributed by atoms with Gasteiger partial charge in [-0.2, -0.15) is 0 Å². The van der Waals surface area contributed by atoms with E-state index in [4.69, 9.17) is 28.4 Å². The van der Waals surface area contributed by atoms with Gasteiger partial charge in [-0.05, 0) is 56.0 Å². The second kappa shape index (κ2) is 16.5. The standard InChI is InChI=1S/C38H38O8.C2H6/c1-25(39)45-35-22-32-29(18-19-38(2,3)46-32)37(44-24-27-14-10-7-11-15-27)36(35)30(40)17-16-28-20-33(42-5)34(21-31(28)41-4)43-23-26-12-8-6-9-13-26;1-2/h6-17,20-22H,18-19,23-24H2,1-5H3;1-2H3/b17-16+;. The third-order valence-electron chi connectivity index (χ3n) is 7.56. The van der Waals surface area contributed by atoms with Crippen LogP contribution in [0.1, 0.15) is 73.7 Å². The Morgan fingerprint density at radius 2 is 1.40 bits per heavy atom. The van der Waals surface area contributed by atoms with Gasteiger partial charge in [0.2, 0.25) is 0 Å². The van der Waals surface area contributed by atoms with Gasteiger partial charge in [0, 0.05) is 30.2 Å². The van der Waals surface area contributed by atoms with E-state index in [0.29, 0.717) is 53.8 Å². The number of fused-ring (bicyclic) bond motifs is 1. The summed E-state index contributed by atoms with van der Waals surface area (Å²) in [7, 11) is 3.09. The van der Waals surface area contributed by atoms with E-state index in [2.05, 4.69) is 0 Å². The molecule has 0 fully saturated rings. The molecule has 0 saturated heterocycles. The smallest absolute Gasteiger partial charge is 0.308 e. The van der Waals surface area contributed by atoms with Gasteiger partial charge >= 0.3 is 5.97 Å². The number of allylic oxidation sites excluding steroid dienone is 1. The number of carbonyl (C=O) groups excluding carboxylic acids is 2. The SMILES string of the molecule is CC.COc1cc(OCc2ccccc2)c(OC)cc1/C=C/C(=O)c1c(OC(C)=O)cc2c(c1OCc1ccccc1)CCC(C)(C)O2. The summed E-state index contributed by atoms with van der Waals surface area (Å²) >= 11 is 0. The number of ether oxygens (including phenoxy) is 6. The van der Waals surface area contributed by atoms with Crippen LogP contribution in [-0.2, 0) is 24.4 Å². The molecule has 0 aliphatic carbocycles. The van der Waals surface area contributed by atoms with Crippen molar-refractivity contribution in [2.24, 2.45) is 0 Å². The van der Waals surface area contributed by atoms with E-state index in [-0.39, 0.29) is 17.9 Å². The van der Waals surface area contributed by atoms with Crippen molar-refractivity contribution in [3.63, 3.8) is 0 Å². The minimum absolute atomic E-state index is 0.0656. The Morgan fingerprint density at radius 3 is 1.98 bits per heavy atom. The predicted octanol–water partition coefficient (Wildman–Crippen LogP) is 8.81. The van der Waals surface area contributed by atoms with Crippen LogP contribution in [0.25, 0.3) is 6.08 Å². The molecule has 1 aliphatic rings. The predicted molar refractivity (Wildman–Crippen MR) is 187 cm³/mol. The number of hydrogen-bond acceptors (Lipinski definition) is 8. The fraction of sp³-hybridized carbons (Fsp3) is 0.300. The highest BCUT2D eigenvalue weighted by Crippen LogP contribution is 2.46. The third kappa shape index (κ3) is 8.97. The normalized spacial score (nSPS) is 12.9. The van der Waals surface area contributed by atoms with Gasteiger partial charge in [0.25, 0.3) is 0 Å². The number of methoxy groups -OCH3 is 2. The number of hydrogen-bond donors (Lipinski definition) is 0. The molecular formula is C40H44O8. The zero-order valence-corrected chi connectivity index (χ0v) is 28.8. The topological polar surface area (TPSA) is 89.5 Å². The Bertz CT molecular complexity index is 1730. The van der Waals surface area contributed by atoms with E-state index in [9.17, 15) is 9.59 Å². The maximum absolute atomic E-state index is 14.1. The van der Waals surface area contributed by atoms with E-state index < -0.39 is 17.4 Å². The van der Waals surface area contributed by atoms with Crippen molar-refractivity contribution in [1.82, 2.24) is 0 Å². The number of rotatable bonds is 12. The van der Waals surface area contributed by atoms with Gasteiger partial charge < -0.3 is 28.4 Å². The second-order valence-electron chi connectivity index (χ2n) is 11.5. The van der Waals surface area contributed by atoms with Crippen LogP contribution in [0.2, 0.25) is 0 Å². The molecule has 4 aromatic rings. The van der Waals surface area contributed by atoms with Crippen molar-refractivity contribution in [3.8, 4) is 34.5 Å². The Labute approximate surface area is 283 Å². The summed E-state index contributed by atoms with van der Waals surface area (Å²) in [5.74, 6) is 1.39. The van der Waals surface area contributed by atoms with Crippen LogP contribution in [0.5, 0.6) is 34.5 Å². The summed E-state index contributed by atoms with van der Waals surface area (Å²) in [5.41, 5.74) is 2.97. The lowest BCUT2D eigenvalue weighted by Gasteiger charge is -2.34. The van der Waals surface area contributed by atoms with Crippen molar-refractivity contribution < 1.29 is 38.0 Å². The molecular weight excluding hydrogens is 608 g/mol. The molecule has 1 heterocycles. The van der Waals surface area contributed by atoms with Crippen molar-refractivity contribution >= 4 is 17.8 Å². The van der Waals surface area contributed by atoms with E-state index in [0.717, 1.165) is 16.7 Å². The minimum Gasteiger partial charge on any atom is -0.496 e. The molecule has 0 aromatic heterocycles. The van der Waals surface area contributed by atoms with Gasteiger partial charge in [0.1, 0.15) is 47.4 Å². The van der Waals surface area contributed by atoms with Gasteiger partial charge in [0.05, 0.1) is 14.2 Å². The molecule has 4 aromatic carbocycles. The molecule has 0 unspecified atom stereocenters. The molecule has 0 spiro atoms. The van der Waals surface area contributed by atoms with Gasteiger partial charge in [-0.15, -0.1) is 0 Å². The maximum atomic E-state index is 14.1. The molecule has 8 nitrogen and oxygen atoms in total. The van der Waals surface area contributed by atoms with Crippen LogP contribution in [0, 0.1) is 0 Å². The van der Waals surface area contributed by atoms with Gasteiger partial charge in [0.15, 0.2) is 17.3 Å². The Morgan fingerprint density at radius 1 is 0.792 bits per heavy atom. The molecule has 0 amide bonds. The first-order valence-electron chi connectivity index (χ1n) is 16.1. The number of carbonyl (C=O) groups is 2. The van der Waals surface area contributed by atoms with Crippen LogP contribution < -0.4 is 28.4 Å². The first-order chi connectivity index (χ1) is 23.2. The molecule has 252 valence electrons. The van der Waals surface area contributed by atoms with Crippen molar-refractivity contribution in [3.05, 3.63) is 113 Å². The Hall–Kier alpha value is -5.24. The van der Waals surface area contributed by atoms with Gasteiger partial charge in [-0.1, -0.05) is 74.5 Å². The average Bonchev–Trinajstić information content (AvgIpc) is 3.09. The lowest BCUT2D eigenvalue weighted by Crippen LogP contribution is -2.33. The molecule has 8 heteroatoms. The molecule has 1 aliphatic heterocycles. The summed E-state index contributed by atoms with van der Waals surface area (Å²) in [6.45, 7) is 9.83. The number of esters is 1. The highest BCUT2D eigenvalue weighted by molar-refractivity contribution is 6.11. The van der Waals surface area contributed by atoms with Crippen LogP contribution in [0.4, 0.5) is 0 Å². The van der Waals surface area contributed by atoms with Crippen LogP contribution >= 0.6 is 0 Å². The Kier molecular flexibility index (Phi) is 12.3. The molecule has 0 radical (unpaired) electrons. The monoisotopic (exact) mass is 652 g/mol. The first kappa shape index (κ1) is 35.6. The molecule has 0 saturated carbocycles. The molecule has 5 rings (SSSR count). The fourth-order valence-electron chi connectivity index (χ4n) is 5.23. The largest absolute Gasteiger partial charge is 0.496 e. The summed E-state index contributed by atoms with van der Waals surface area (Å²) in [6.07, 6.45) is 4.36. The average molecular weight is 653 g/mol. The van der Waals surface area contributed by atoms with Gasteiger partial charge in [-0.3, -0.25) is 9.59 Å². The lowest BCUT2D eigenvalue weighted by atomic mass is 9.91. The summed E-state index contributed by atoms with van der Waals surface area (Å²) in [6, 6.07) is 24.5. The van der Waals surface area contributed by atoms with E-state index in [1.807, 2.05) is 88.4 Å². The van der Waals surface area contributed by atoms with Gasteiger partial charge in [-0.25, -0.2) is 0 Å². The zero-order valence-electron chi connectivity index (χ0n) is 28.8. The molecule has 0 atom stereocenters. The number of benzene rings is 4. The highest BCUT2D eigenvalue weighted by Gasteiger charge is 2.33. The molecule has 0 bridgehead atoms. The summed E-state index contributed by atoms with van der Waals surface area (Å²) < 4.78 is 35.5. The fourth-order valence-corrected chi connectivity index (χ4v) is 5.23. The third-order valence-corrected chi connectivity index (χ3v) is 7.56. The van der Waals surface area contributed by atoms with E-state index >= 15 is 0 Å². The van der Waals surface area contributed by atoms with Crippen molar-refractivity contribution in [2.45, 2.75) is 66.3 Å². The highest BCUT2D eigenvalue weighted by atomic mass is 16.5. The van der Waals surface area contributed by atoms with E-state index in [1.165, 1.54) is 13.0 Å². The second-order valence-corrected chi connectivity index (χ2v) is 11.5. The first-order valence-corrected chi connectivity index (χ1v) is 16.1. The van der Waals surface area contributed by atoms with Crippen LogP contribution in [0.15, 0.2) is 84.9 Å². The zero-order chi connectivity index (χ0) is 34.7. The minimum atomic E-state index is -0.570. The number of ketones is 1. The van der Waals surface area contributed by atoms with Crippen LogP contribution in [0.3, 0.4) is 0 Å².